The molecule has 1 aliphatic rings. The van der Waals surface area contributed by atoms with Crippen LogP contribution in [0.3, 0.4) is 0 Å². The van der Waals surface area contributed by atoms with Gasteiger partial charge >= 0.3 is 0 Å². The highest BCUT2D eigenvalue weighted by Gasteiger charge is 2.20. The summed E-state index contributed by atoms with van der Waals surface area (Å²) < 4.78 is 20.9. The molecule has 1 fully saturated rings. The average molecular weight is 374 g/mol. The number of hydrogen-bond donors (Lipinski definition) is 1. The predicted octanol–water partition coefficient (Wildman–Crippen LogP) is 3.86. The smallest absolute Gasteiger partial charge is 0.123 e. The molecule has 3 aromatic heterocycles. The second kappa shape index (κ2) is 7.14. The molecule has 0 aliphatic carbocycles. The summed E-state index contributed by atoms with van der Waals surface area (Å²) in [6.07, 6.45) is 5.58. The van der Waals surface area contributed by atoms with Gasteiger partial charge in [0, 0.05) is 36.3 Å². The number of ether oxygens (including phenoxy) is 1. The maximum Gasteiger partial charge on any atom is 0.123 e. The van der Waals surface area contributed by atoms with Crippen molar-refractivity contribution in [2.24, 2.45) is 0 Å². The molecule has 0 radical (unpaired) electrons. The molecule has 0 amide bonds. The Balaban J connectivity index is 1.69. The van der Waals surface area contributed by atoms with Crippen molar-refractivity contribution in [1.29, 1.82) is 0 Å². The highest BCUT2D eigenvalue weighted by Crippen LogP contribution is 2.35. The molecule has 4 aromatic rings. The molecule has 6 heteroatoms. The first-order chi connectivity index (χ1) is 13.8. The van der Waals surface area contributed by atoms with Crippen molar-refractivity contribution in [2.45, 2.75) is 6.04 Å². The fraction of sp³-hybridized carbons (Fsp3) is 0.182. The Morgan fingerprint density at radius 1 is 1.00 bits per heavy atom. The summed E-state index contributed by atoms with van der Waals surface area (Å²) in [5.41, 5.74) is 5.84. The van der Waals surface area contributed by atoms with Crippen LogP contribution >= 0.6 is 0 Å². The van der Waals surface area contributed by atoms with E-state index in [-0.39, 0.29) is 11.9 Å². The van der Waals surface area contributed by atoms with Crippen LogP contribution in [0.2, 0.25) is 0 Å². The van der Waals surface area contributed by atoms with Gasteiger partial charge in [-0.05, 0) is 53.6 Å². The molecule has 5 rings (SSSR count). The van der Waals surface area contributed by atoms with Gasteiger partial charge in [0.25, 0.3) is 0 Å². The van der Waals surface area contributed by atoms with Gasteiger partial charge in [-0.2, -0.15) is 5.10 Å². The molecule has 0 bridgehead atoms. The van der Waals surface area contributed by atoms with E-state index in [1.165, 1.54) is 12.1 Å². The van der Waals surface area contributed by atoms with E-state index in [1.807, 2.05) is 22.8 Å². The van der Waals surface area contributed by atoms with Crippen molar-refractivity contribution in [3.8, 4) is 22.4 Å². The first-order valence-electron chi connectivity index (χ1n) is 9.29. The second-order valence-electron chi connectivity index (χ2n) is 6.84. The summed E-state index contributed by atoms with van der Waals surface area (Å²) in [4.78, 5) is 4.13. The van der Waals surface area contributed by atoms with Crippen LogP contribution in [0.1, 0.15) is 11.6 Å². The third-order valence-corrected chi connectivity index (χ3v) is 5.06. The monoisotopic (exact) mass is 374 g/mol. The lowest BCUT2D eigenvalue weighted by atomic mass is 10.00. The lowest BCUT2D eigenvalue weighted by molar-refractivity contribution is 0.0767. The topological polar surface area (TPSA) is 51.5 Å². The van der Waals surface area contributed by atoms with Crippen molar-refractivity contribution >= 4 is 5.52 Å². The molecule has 140 valence electrons. The van der Waals surface area contributed by atoms with Crippen molar-refractivity contribution in [1.82, 2.24) is 19.9 Å². The largest absolute Gasteiger partial charge is 0.378 e. The number of nitrogens with one attached hydrogen (secondary N) is 1. The highest BCUT2D eigenvalue weighted by molar-refractivity contribution is 5.92. The summed E-state index contributed by atoms with van der Waals surface area (Å²) in [7, 11) is 0. The van der Waals surface area contributed by atoms with Crippen LogP contribution in [-0.2, 0) is 4.74 Å². The van der Waals surface area contributed by atoms with Gasteiger partial charge in [-0.25, -0.2) is 8.91 Å². The molecule has 1 N–H and O–H groups in total. The zero-order valence-corrected chi connectivity index (χ0v) is 15.2. The van der Waals surface area contributed by atoms with E-state index >= 15 is 0 Å². The normalized spacial score (nSPS) is 17.1. The molecule has 28 heavy (non-hydrogen) atoms. The van der Waals surface area contributed by atoms with Crippen LogP contribution in [0.5, 0.6) is 0 Å². The Bertz CT molecular complexity index is 1100. The number of fused-ring (bicyclic) bond motifs is 1. The van der Waals surface area contributed by atoms with Gasteiger partial charge in [-0.15, -0.1) is 0 Å². The lowest BCUT2D eigenvalue weighted by Crippen LogP contribution is -2.34. The van der Waals surface area contributed by atoms with Gasteiger partial charge in [-0.3, -0.25) is 4.98 Å². The number of rotatable bonds is 3. The number of pyridine rings is 2. The Kier molecular flexibility index (Phi) is 4.35. The van der Waals surface area contributed by atoms with Crippen molar-refractivity contribution in [2.75, 3.05) is 19.8 Å². The van der Waals surface area contributed by atoms with Crippen LogP contribution in [-0.4, -0.2) is 34.4 Å². The van der Waals surface area contributed by atoms with Gasteiger partial charge in [0.2, 0.25) is 0 Å². The van der Waals surface area contributed by atoms with Crippen LogP contribution in [0.15, 0.2) is 67.1 Å². The minimum atomic E-state index is -0.261. The number of nitrogens with zero attached hydrogens (tertiary/aromatic N) is 3. The third-order valence-electron chi connectivity index (χ3n) is 5.06. The first kappa shape index (κ1) is 17.0. The maximum atomic E-state index is 13.4. The average Bonchev–Trinajstić information content (AvgIpc) is 3.14. The molecule has 0 spiro atoms. The van der Waals surface area contributed by atoms with E-state index in [9.17, 15) is 4.39 Å². The van der Waals surface area contributed by atoms with Crippen LogP contribution in [0.25, 0.3) is 27.9 Å². The van der Waals surface area contributed by atoms with Crippen LogP contribution in [0, 0.1) is 5.82 Å². The zero-order chi connectivity index (χ0) is 18.9. The highest BCUT2D eigenvalue weighted by atomic mass is 19.1. The summed E-state index contributed by atoms with van der Waals surface area (Å²) in [5, 5.41) is 8.32. The molecule has 1 saturated heterocycles. The number of benzene rings is 1. The summed E-state index contributed by atoms with van der Waals surface area (Å²) in [5.74, 6) is -0.261. The van der Waals surface area contributed by atoms with E-state index < -0.39 is 0 Å². The predicted molar refractivity (Wildman–Crippen MR) is 105 cm³/mol. The van der Waals surface area contributed by atoms with Gasteiger partial charge in [0.15, 0.2) is 0 Å². The number of hydrogen-bond acceptors (Lipinski definition) is 4. The molecule has 1 atom stereocenters. The molecular formula is C22H19FN4O. The van der Waals surface area contributed by atoms with Gasteiger partial charge in [0.1, 0.15) is 11.5 Å². The van der Waals surface area contributed by atoms with Gasteiger partial charge in [-0.1, -0.05) is 6.07 Å². The van der Waals surface area contributed by atoms with Crippen molar-refractivity contribution < 1.29 is 9.13 Å². The lowest BCUT2D eigenvalue weighted by Gasteiger charge is -2.24. The Morgan fingerprint density at radius 3 is 2.57 bits per heavy atom. The Labute approximate surface area is 161 Å². The van der Waals surface area contributed by atoms with Crippen LogP contribution in [0.4, 0.5) is 4.39 Å². The van der Waals surface area contributed by atoms with E-state index in [1.54, 1.807) is 24.5 Å². The molecule has 5 nitrogen and oxygen atoms in total. The van der Waals surface area contributed by atoms with E-state index in [2.05, 4.69) is 22.4 Å². The summed E-state index contributed by atoms with van der Waals surface area (Å²) in [6, 6.07) is 14.7. The number of morpholine rings is 1. The minimum Gasteiger partial charge on any atom is -0.378 e. The van der Waals surface area contributed by atoms with E-state index in [0.29, 0.717) is 6.61 Å². The molecule has 0 saturated carbocycles. The number of halogens is 1. The summed E-state index contributed by atoms with van der Waals surface area (Å²) >= 11 is 0. The number of aromatic nitrogens is 3. The molecule has 4 heterocycles. The standard InChI is InChI=1S/C22H19FN4O/c23-18-4-1-16(2-5-18)22-21(15-7-9-24-10-8-15)20-6-3-17(13-27(20)26-22)19-14-28-12-11-25-19/h1-10,13,19,25H,11-12,14H2/t19-/m1/s1. The Hall–Kier alpha value is -3.09. The molecule has 1 aliphatic heterocycles. The SMILES string of the molecule is Fc1ccc(-c2nn3cc([C@H]4COCCN4)ccc3c2-c2ccncc2)cc1. The van der Waals surface area contributed by atoms with Crippen LogP contribution < -0.4 is 5.32 Å². The molecular weight excluding hydrogens is 355 g/mol. The van der Waals surface area contributed by atoms with Gasteiger partial charge in [0.05, 0.1) is 24.8 Å². The summed E-state index contributed by atoms with van der Waals surface area (Å²) in [6.45, 7) is 2.22. The van der Waals surface area contributed by atoms with E-state index in [0.717, 1.165) is 46.6 Å². The van der Waals surface area contributed by atoms with Crippen molar-refractivity contribution in [3.63, 3.8) is 0 Å². The maximum absolute atomic E-state index is 13.4. The van der Waals surface area contributed by atoms with Gasteiger partial charge < -0.3 is 10.1 Å². The molecule has 1 aromatic carbocycles. The zero-order valence-electron chi connectivity index (χ0n) is 15.2. The first-order valence-corrected chi connectivity index (χ1v) is 9.29. The minimum absolute atomic E-state index is 0.154. The third kappa shape index (κ3) is 3.06. The fourth-order valence-corrected chi connectivity index (χ4v) is 3.66. The van der Waals surface area contributed by atoms with E-state index in [4.69, 9.17) is 9.84 Å². The Morgan fingerprint density at radius 2 is 1.82 bits per heavy atom. The second-order valence-corrected chi connectivity index (χ2v) is 6.84. The van der Waals surface area contributed by atoms with Crippen molar-refractivity contribution in [3.05, 3.63) is 78.5 Å². The quantitative estimate of drug-likeness (QED) is 0.592. The fourth-order valence-electron chi connectivity index (χ4n) is 3.66. The molecule has 0 unspecified atom stereocenters.